The molecule has 0 unspecified atom stereocenters. The summed E-state index contributed by atoms with van der Waals surface area (Å²) >= 11 is 3.50. The molecule has 1 aromatic carbocycles. The molecule has 1 aromatic heterocycles. The molecule has 0 saturated heterocycles. The second-order valence-corrected chi connectivity index (χ2v) is 11.7. The summed E-state index contributed by atoms with van der Waals surface area (Å²) in [5.74, 6) is 0.831. The Morgan fingerprint density at radius 1 is 1.05 bits per heavy atom. The SMILES string of the molecule is CC(C)(C)[Si](C)(C)Oc1ccc(Br)c2nccnc12. The largest absolute Gasteiger partial charge is 0.542 e. The average Bonchev–Trinajstić information content (AvgIpc) is 2.32. The number of aromatic nitrogens is 2. The van der Waals surface area contributed by atoms with E-state index in [9.17, 15) is 0 Å². The van der Waals surface area contributed by atoms with Crippen LogP contribution < -0.4 is 4.43 Å². The average molecular weight is 339 g/mol. The van der Waals surface area contributed by atoms with Crippen molar-refractivity contribution in [2.45, 2.75) is 38.9 Å². The maximum Gasteiger partial charge on any atom is 0.250 e. The second kappa shape index (κ2) is 4.87. The summed E-state index contributed by atoms with van der Waals surface area (Å²) in [6.45, 7) is 11.2. The number of halogens is 1. The van der Waals surface area contributed by atoms with Gasteiger partial charge in [0.25, 0.3) is 8.32 Å². The lowest BCUT2D eigenvalue weighted by Crippen LogP contribution is -2.43. The number of fused-ring (bicyclic) bond motifs is 1. The van der Waals surface area contributed by atoms with Gasteiger partial charge in [-0.3, -0.25) is 4.98 Å². The number of benzene rings is 1. The van der Waals surface area contributed by atoms with Crippen LogP contribution in [-0.2, 0) is 0 Å². The predicted molar refractivity (Wildman–Crippen MR) is 85.1 cm³/mol. The van der Waals surface area contributed by atoms with Crippen LogP contribution in [0.2, 0.25) is 18.1 Å². The van der Waals surface area contributed by atoms with E-state index in [0.717, 1.165) is 21.3 Å². The van der Waals surface area contributed by atoms with Crippen molar-refractivity contribution >= 4 is 35.3 Å². The van der Waals surface area contributed by atoms with Gasteiger partial charge in [0, 0.05) is 16.9 Å². The van der Waals surface area contributed by atoms with Crippen LogP contribution in [0.1, 0.15) is 20.8 Å². The quantitative estimate of drug-likeness (QED) is 0.739. The molecule has 19 heavy (non-hydrogen) atoms. The minimum atomic E-state index is -1.86. The van der Waals surface area contributed by atoms with Crippen molar-refractivity contribution in [3.8, 4) is 5.75 Å². The normalized spacial score (nSPS) is 12.7. The lowest BCUT2D eigenvalue weighted by atomic mass is 10.2. The van der Waals surface area contributed by atoms with E-state index in [2.05, 4.69) is 59.8 Å². The minimum absolute atomic E-state index is 0.161. The number of hydrogen-bond donors (Lipinski definition) is 0. The highest BCUT2D eigenvalue weighted by molar-refractivity contribution is 9.10. The van der Waals surface area contributed by atoms with E-state index in [1.807, 2.05) is 12.1 Å². The van der Waals surface area contributed by atoms with Gasteiger partial charge in [-0.25, -0.2) is 4.98 Å². The molecule has 0 radical (unpaired) electrons. The first-order valence-electron chi connectivity index (χ1n) is 6.30. The van der Waals surface area contributed by atoms with Crippen LogP contribution in [0.3, 0.4) is 0 Å². The third kappa shape index (κ3) is 2.82. The van der Waals surface area contributed by atoms with Gasteiger partial charge in [0.1, 0.15) is 16.8 Å². The highest BCUT2D eigenvalue weighted by atomic mass is 79.9. The number of hydrogen-bond acceptors (Lipinski definition) is 3. The fourth-order valence-electron chi connectivity index (χ4n) is 1.51. The van der Waals surface area contributed by atoms with Crippen LogP contribution >= 0.6 is 15.9 Å². The third-order valence-electron chi connectivity index (χ3n) is 3.71. The van der Waals surface area contributed by atoms with Crippen molar-refractivity contribution in [2.75, 3.05) is 0 Å². The fraction of sp³-hybridized carbons (Fsp3) is 0.429. The molecule has 0 aliphatic rings. The van der Waals surface area contributed by atoms with Crippen molar-refractivity contribution in [1.29, 1.82) is 0 Å². The molecule has 0 amide bonds. The number of rotatable bonds is 2. The smallest absolute Gasteiger partial charge is 0.250 e. The topological polar surface area (TPSA) is 35.0 Å². The Morgan fingerprint density at radius 2 is 1.63 bits per heavy atom. The molecule has 5 heteroatoms. The maximum absolute atomic E-state index is 6.35. The van der Waals surface area contributed by atoms with E-state index in [-0.39, 0.29) is 5.04 Å². The summed E-state index contributed by atoms with van der Waals surface area (Å²) in [5.41, 5.74) is 1.67. The summed E-state index contributed by atoms with van der Waals surface area (Å²) < 4.78 is 7.29. The van der Waals surface area contributed by atoms with E-state index in [0.29, 0.717) is 0 Å². The summed E-state index contributed by atoms with van der Waals surface area (Å²) in [5, 5.41) is 0.161. The first kappa shape index (κ1) is 14.5. The van der Waals surface area contributed by atoms with Crippen LogP contribution in [-0.4, -0.2) is 18.3 Å². The molecule has 2 aromatic rings. The fourth-order valence-corrected chi connectivity index (χ4v) is 2.95. The van der Waals surface area contributed by atoms with Gasteiger partial charge in [-0.1, -0.05) is 20.8 Å². The highest BCUT2D eigenvalue weighted by Gasteiger charge is 2.39. The molecule has 1 heterocycles. The molecule has 0 atom stereocenters. The van der Waals surface area contributed by atoms with E-state index >= 15 is 0 Å². The summed E-state index contributed by atoms with van der Waals surface area (Å²) in [4.78, 5) is 8.77. The van der Waals surface area contributed by atoms with Gasteiger partial charge >= 0.3 is 0 Å². The van der Waals surface area contributed by atoms with Crippen LogP contribution in [0.25, 0.3) is 11.0 Å². The Hall–Kier alpha value is -0.943. The Labute approximate surface area is 123 Å². The Balaban J connectivity index is 2.51. The highest BCUT2D eigenvalue weighted by Crippen LogP contribution is 2.39. The van der Waals surface area contributed by atoms with Gasteiger partial charge in [0.2, 0.25) is 0 Å². The van der Waals surface area contributed by atoms with Gasteiger partial charge in [-0.2, -0.15) is 0 Å². The van der Waals surface area contributed by atoms with Crippen molar-refractivity contribution in [1.82, 2.24) is 9.97 Å². The van der Waals surface area contributed by atoms with E-state index in [1.54, 1.807) is 12.4 Å². The molecule has 0 spiro atoms. The third-order valence-corrected chi connectivity index (χ3v) is 8.69. The van der Waals surface area contributed by atoms with Crippen LogP contribution in [0, 0.1) is 0 Å². The van der Waals surface area contributed by atoms with Gasteiger partial charge in [-0.15, -0.1) is 0 Å². The second-order valence-electron chi connectivity index (χ2n) is 6.16. The van der Waals surface area contributed by atoms with Gasteiger partial charge in [0.15, 0.2) is 0 Å². The van der Waals surface area contributed by atoms with Gasteiger partial charge in [-0.05, 0) is 46.2 Å². The first-order chi connectivity index (χ1) is 8.72. The number of nitrogens with zero attached hydrogens (tertiary/aromatic N) is 2. The lowest BCUT2D eigenvalue weighted by Gasteiger charge is -2.36. The molecule has 3 nitrogen and oxygen atoms in total. The molecular weight excluding hydrogens is 320 g/mol. The van der Waals surface area contributed by atoms with Crippen LogP contribution in [0.5, 0.6) is 5.75 Å². The van der Waals surface area contributed by atoms with Crippen molar-refractivity contribution in [3.05, 3.63) is 29.0 Å². The van der Waals surface area contributed by atoms with Gasteiger partial charge < -0.3 is 4.43 Å². The molecule has 102 valence electrons. The molecule has 0 saturated carbocycles. The van der Waals surface area contributed by atoms with Gasteiger partial charge in [0.05, 0.1) is 0 Å². The standard InChI is InChI=1S/C14H19BrN2OSi/c1-14(2,3)19(4,5)18-11-7-6-10(15)12-13(11)17-9-8-16-12/h6-9H,1-5H3. The molecule has 0 aliphatic carbocycles. The van der Waals surface area contributed by atoms with Crippen molar-refractivity contribution in [2.24, 2.45) is 0 Å². The Bertz CT molecular complexity index is 608. The molecular formula is C14H19BrN2OSi. The zero-order valence-corrected chi connectivity index (χ0v) is 14.6. The maximum atomic E-state index is 6.35. The first-order valence-corrected chi connectivity index (χ1v) is 10.0. The van der Waals surface area contributed by atoms with E-state index in [1.165, 1.54) is 0 Å². The molecule has 0 fully saturated rings. The van der Waals surface area contributed by atoms with Crippen molar-refractivity contribution < 1.29 is 4.43 Å². The molecule has 0 N–H and O–H groups in total. The monoisotopic (exact) mass is 338 g/mol. The zero-order valence-electron chi connectivity index (χ0n) is 12.0. The van der Waals surface area contributed by atoms with Crippen molar-refractivity contribution in [3.63, 3.8) is 0 Å². The minimum Gasteiger partial charge on any atom is -0.542 e. The molecule has 0 bridgehead atoms. The summed E-state index contributed by atoms with van der Waals surface area (Å²) in [7, 11) is -1.86. The van der Waals surface area contributed by atoms with Crippen LogP contribution in [0.4, 0.5) is 0 Å². The summed E-state index contributed by atoms with van der Waals surface area (Å²) in [6, 6.07) is 3.95. The van der Waals surface area contributed by atoms with Crippen LogP contribution in [0.15, 0.2) is 29.0 Å². The molecule has 2 rings (SSSR count). The van der Waals surface area contributed by atoms with E-state index < -0.39 is 8.32 Å². The Morgan fingerprint density at radius 3 is 2.21 bits per heavy atom. The molecule has 0 aliphatic heterocycles. The summed E-state index contributed by atoms with van der Waals surface area (Å²) in [6.07, 6.45) is 3.40. The van der Waals surface area contributed by atoms with E-state index in [4.69, 9.17) is 4.43 Å². The zero-order chi connectivity index (χ0) is 14.3. The predicted octanol–water partition coefficient (Wildman–Crippen LogP) is 4.78. The Kier molecular flexibility index (Phi) is 3.71. The lowest BCUT2D eigenvalue weighted by molar-refractivity contribution is 0.495.